The van der Waals surface area contributed by atoms with Crippen LogP contribution in [0.5, 0.6) is 0 Å². The Hall–Kier alpha value is -1.14. The van der Waals surface area contributed by atoms with Gasteiger partial charge in [-0.25, -0.2) is 0 Å². The van der Waals surface area contributed by atoms with Gasteiger partial charge in [0, 0.05) is 0 Å². The maximum Gasteiger partial charge on any atom is 0.323 e. The van der Waals surface area contributed by atoms with Crippen molar-refractivity contribution in [2.24, 2.45) is 11.5 Å². The van der Waals surface area contributed by atoms with Gasteiger partial charge in [-0.15, -0.1) is 0 Å². The van der Waals surface area contributed by atoms with Gasteiger partial charge in [0.25, 0.3) is 0 Å². The fraction of sp³-hybridized carbons (Fsp3) is 0.818. The van der Waals surface area contributed by atoms with Gasteiger partial charge in [0.05, 0.1) is 0 Å². The third-order valence-electron chi connectivity index (χ3n) is 2.06. The minimum Gasteiger partial charge on any atom is -0.480 e. The molecule has 0 aliphatic carbocycles. The summed E-state index contributed by atoms with van der Waals surface area (Å²) < 4.78 is 5.09. The number of nitrogens with two attached hydrogens (primary N) is 2. The quantitative estimate of drug-likeness (QED) is 0.578. The Morgan fingerprint density at radius 1 is 1.18 bits per heavy atom. The molecule has 100 valence electrons. The van der Waals surface area contributed by atoms with Crippen molar-refractivity contribution < 1.29 is 19.4 Å². The third kappa shape index (κ3) is 7.70. The Bertz CT molecular complexity index is 273. The van der Waals surface area contributed by atoms with Crippen molar-refractivity contribution >= 4 is 11.9 Å². The van der Waals surface area contributed by atoms with Crippen molar-refractivity contribution in [3.8, 4) is 0 Å². The van der Waals surface area contributed by atoms with Crippen molar-refractivity contribution in [3.05, 3.63) is 0 Å². The molecule has 6 heteroatoms. The lowest BCUT2D eigenvalue weighted by Gasteiger charge is -2.22. The van der Waals surface area contributed by atoms with Gasteiger partial charge in [-0.3, -0.25) is 9.59 Å². The molecule has 0 spiro atoms. The molecule has 0 radical (unpaired) electrons. The van der Waals surface area contributed by atoms with Crippen LogP contribution in [-0.4, -0.2) is 34.7 Å². The maximum atomic E-state index is 11.5. The molecule has 0 fully saturated rings. The van der Waals surface area contributed by atoms with Gasteiger partial charge in [-0.2, -0.15) is 0 Å². The summed E-state index contributed by atoms with van der Waals surface area (Å²) in [5, 5.41) is 8.56. The number of ether oxygens (including phenoxy) is 1. The van der Waals surface area contributed by atoms with Crippen LogP contribution >= 0.6 is 0 Å². The lowest BCUT2D eigenvalue weighted by atomic mass is 10.1. The smallest absolute Gasteiger partial charge is 0.323 e. The second-order valence-corrected chi connectivity index (χ2v) is 5.02. The molecule has 0 bridgehead atoms. The van der Waals surface area contributed by atoms with Crippen molar-refractivity contribution in [2.75, 3.05) is 0 Å². The number of carbonyl (C=O) groups excluding carboxylic acids is 1. The first-order valence-electron chi connectivity index (χ1n) is 5.60. The zero-order valence-corrected chi connectivity index (χ0v) is 10.6. The van der Waals surface area contributed by atoms with Gasteiger partial charge >= 0.3 is 11.9 Å². The third-order valence-corrected chi connectivity index (χ3v) is 2.06. The number of carboxylic acids is 1. The Balaban J connectivity index is 3.90. The van der Waals surface area contributed by atoms with Crippen LogP contribution < -0.4 is 11.5 Å². The molecule has 0 aromatic heterocycles. The number of hydrogen-bond acceptors (Lipinski definition) is 5. The van der Waals surface area contributed by atoms with Crippen molar-refractivity contribution in [3.63, 3.8) is 0 Å². The van der Waals surface area contributed by atoms with E-state index in [1.54, 1.807) is 20.8 Å². The van der Waals surface area contributed by atoms with E-state index in [2.05, 4.69) is 0 Å². The van der Waals surface area contributed by atoms with Crippen LogP contribution in [0.2, 0.25) is 0 Å². The lowest BCUT2D eigenvalue weighted by molar-refractivity contribution is -0.156. The van der Waals surface area contributed by atoms with Crippen LogP contribution in [0.25, 0.3) is 0 Å². The predicted octanol–water partition coefficient (Wildman–Crippen LogP) is 0.238. The van der Waals surface area contributed by atoms with E-state index in [1.165, 1.54) is 0 Å². The summed E-state index contributed by atoms with van der Waals surface area (Å²) in [5.74, 6) is -1.52. The molecule has 5 N–H and O–H groups in total. The summed E-state index contributed by atoms with van der Waals surface area (Å²) >= 11 is 0. The van der Waals surface area contributed by atoms with E-state index < -0.39 is 29.6 Å². The molecular formula is C11H22N2O4. The van der Waals surface area contributed by atoms with Crippen molar-refractivity contribution in [2.45, 2.75) is 57.7 Å². The number of rotatable bonds is 6. The molecule has 0 unspecified atom stereocenters. The average Bonchev–Trinajstić information content (AvgIpc) is 2.14. The zero-order valence-electron chi connectivity index (χ0n) is 10.6. The van der Waals surface area contributed by atoms with Crippen molar-refractivity contribution in [1.82, 2.24) is 0 Å². The van der Waals surface area contributed by atoms with Gasteiger partial charge in [-0.1, -0.05) is 0 Å². The first-order valence-corrected chi connectivity index (χ1v) is 5.60. The second-order valence-electron chi connectivity index (χ2n) is 5.02. The zero-order chi connectivity index (χ0) is 13.6. The molecule has 6 nitrogen and oxygen atoms in total. The average molecular weight is 246 g/mol. The number of carboxylic acid groups (broad SMARTS) is 1. The number of carbonyl (C=O) groups is 2. The van der Waals surface area contributed by atoms with Crippen LogP contribution in [0, 0.1) is 0 Å². The number of hydrogen-bond donors (Lipinski definition) is 3. The van der Waals surface area contributed by atoms with Gasteiger partial charge in [0.1, 0.15) is 17.7 Å². The van der Waals surface area contributed by atoms with Crippen molar-refractivity contribution in [1.29, 1.82) is 0 Å². The summed E-state index contributed by atoms with van der Waals surface area (Å²) in [5.41, 5.74) is 10.4. The SMILES string of the molecule is CC(C)(C)OC(=O)[C@H](N)CCC[C@H](N)C(=O)O. The van der Waals surface area contributed by atoms with Crippen LogP contribution in [0.3, 0.4) is 0 Å². The van der Waals surface area contributed by atoms with E-state index >= 15 is 0 Å². The summed E-state index contributed by atoms with van der Waals surface area (Å²) in [6.45, 7) is 5.29. The highest BCUT2D eigenvalue weighted by Gasteiger charge is 2.22. The normalized spacial score (nSPS) is 15.1. The highest BCUT2D eigenvalue weighted by Crippen LogP contribution is 2.10. The van der Waals surface area contributed by atoms with Crippen LogP contribution in [-0.2, 0) is 14.3 Å². The Labute approximate surface area is 101 Å². The van der Waals surface area contributed by atoms with Gasteiger partial charge in [-0.05, 0) is 40.0 Å². The van der Waals surface area contributed by atoms with E-state index in [-0.39, 0.29) is 0 Å². The first kappa shape index (κ1) is 15.9. The second kappa shape index (κ2) is 6.56. The molecule has 0 rings (SSSR count). The first-order chi connectivity index (χ1) is 7.63. The van der Waals surface area contributed by atoms with Crippen LogP contribution in [0.4, 0.5) is 0 Å². The fourth-order valence-electron chi connectivity index (χ4n) is 1.18. The fourth-order valence-corrected chi connectivity index (χ4v) is 1.18. The largest absolute Gasteiger partial charge is 0.480 e. The summed E-state index contributed by atoms with van der Waals surface area (Å²) in [6, 6.07) is -1.63. The summed E-state index contributed by atoms with van der Waals surface area (Å²) in [4.78, 5) is 21.9. The number of aliphatic carboxylic acids is 1. The topological polar surface area (TPSA) is 116 Å². The summed E-state index contributed by atoms with van der Waals surface area (Å²) in [7, 11) is 0. The molecule has 0 aliphatic rings. The molecule has 0 heterocycles. The monoisotopic (exact) mass is 246 g/mol. The Morgan fingerprint density at radius 3 is 2.06 bits per heavy atom. The summed E-state index contributed by atoms with van der Waals surface area (Å²) in [6.07, 6.45) is 1.15. The molecule has 0 saturated heterocycles. The molecular weight excluding hydrogens is 224 g/mol. The minimum absolute atomic E-state index is 0.297. The highest BCUT2D eigenvalue weighted by molar-refractivity contribution is 5.76. The lowest BCUT2D eigenvalue weighted by Crippen LogP contribution is -2.38. The Morgan fingerprint density at radius 2 is 1.65 bits per heavy atom. The van der Waals surface area contributed by atoms with Crippen LogP contribution in [0.15, 0.2) is 0 Å². The van der Waals surface area contributed by atoms with Gasteiger partial charge in [0.2, 0.25) is 0 Å². The maximum absolute atomic E-state index is 11.5. The minimum atomic E-state index is -1.05. The van der Waals surface area contributed by atoms with E-state index in [4.69, 9.17) is 21.3 Å². The van der Waals surface area contributed by atoms with E-state index in [0.717, 1.165) is 0 Å². The van der Waals surface area contributed by atoms with E-state index in [1.807, 2.05) is 0 Å². The van der Waals surface area contributed by atoms with Crippen LogP contribution in [0.1, 0.15) is 40.0 Å². The Kier molecular flexibility index (Phi) is 6.12. The molecule has 0 aromatic rings. The molecule has 0 saturated carbocycles. The molecule has 0 aromatic carbocycles. The van der Waals surface area contributed by atoms with E-state index in [9.17, 15) is 9.59 Å². The molecule has 0 amide bonds. The molecule has 0 aliphatic heterocycles. The van der Waals surface area contributed by atoms with Gasteiger partial charge < -0.3 is 21.3 Å². The standard InChI is InChI=1S/C11H22N2O4/c1-11(2,3)17-10(16)8(13)6-4-5-7(12)9(14)15/h7-8H,4-6,12-13H2,1-3H3,(H,14,15)/t7-,8+/m0/s1. The number of esters is 1. The highest BCUT2D eigenvalue weighted by atomic mass is 16.6. The van der Waals surface area contributed by atoms with Gasteiger partial charge in [0.15, 0.2) is 0 Å². The molecule has 17 heavy (non-hydrogen) atoms. The molecule has 2 atom stereocenters. The van der Waals surface area contributed by atoms with E-state index in [0.29, 0.717) is 19.3 Å². The predicted molar refractivity (Wildman–Crippen MR) is 63.3 cm³/mol.